The van der Waals surface area contributed by atoms with Crippen LogP contribution in [0.15, 0.2) is 24.3 Å². The minimum absolute atomic E-state index is 0.196. The van der Waals surface area contributed by atoms with E-state index in [-0.39, 0.29) is 6.10 Å². The second-order valence-electron chi connectivity index (χ2n) is 4.87. The van der Waals surface area contributed by atoms with E-state index in [0.717, 1.165) is 21.8 Å². The first-order valence-corrected chi connectivity index (χ1v) is 7.50. The summed E-state index contributed by atoms with van der Waals surface area (Å²) in [5, 5.41) is 15.1. The van der Waals surface area contributed by atoms with Crippen LogP contribution in [-0.2, 0) is 6.54 Å². The van der Waals surface area contributed by atoms with Gasteiger partial charge in [0.1, 0.15) is 0 Å². The third-order valence-corrected chi connectivity index (χ3v) is 5.12. The van der Waals surface area contributed by atoms with E-state index in [1.54, 1.807) is 11.3 Å². The van der Waals surface area contributed by atoms with E-state index >= 15 is 0 Å². The molecular weight excluding hydrogens is 266 g/mol. The number of aliphatic hydroxyl groups is 1. The first-order chi connectivity index (χ1) is 8.75. The highest BCUT2D eigenvalue weighted by atomic mass is 35.5. The van der Waals surface area contributed by atoms with Crippen molar-refractivity contribution in [1.82, 2.24) is 5.32 Å². The smallest absolute Gasteiger partial charge is 0.0692 e. The third kappa shape index (κ3) is 2.54. The van der Waals surface area contributed by atoms with Crippen LogP contribution in [0, 0.1) is 5.92 Å². The Hall–Kier alpha value is -0.610. The molecule has 1 aromatic carbocycles. The van der Waals surface area contributed by atoms with Crippen molar-refractivity contribution in [2.24, 2.45) is 5.92 Å². The Kier molecular flexibility index (Phi) is 3.57. The summed E-state index contributed by atoms with van der Waals surface area (Å²) in [6, 6.07) is 8.18. The molecule has 0 aliphatic heterocycles. The minimum atomic E-state index is -0.196. The predicted molar refractivity (Wildman–Crippen MR) is 77.3 cm³/mol. The molecule has 1 aromatic heterocycles. The molecule has 1 atom stereocenters. The van der Waals surface area contributed by atoms with Crippen LogP contribution < -0.4 is 5.32 Å². The maximum absolute atomic E-state index is 9.78. The lowest BCUT2D eigenvalue weighted by atomic mass is 10.2. The molecule has 1 fully saturated rings. The van der Waals surface area contributed by atoms with Crippen molar-refractivity contribution in [3.05, 3.63) is 34.2 Å². The van der Waals surface area contributed by atoms with Crippen LogP contribution in [0.4, 0.5) is 0 Å². The number of benzene rings is 1. The molecule has 18 heavy (non-hydrogen) atoms. The zero-order chi connectivity index (χ0) is 12.5. The molecule has 2 N–H and O–H groups in total. The third-order valence-electron chi connectivity index (χ3n) is 3.41. The van der Waals surface area contributed by atoms with Gasteiger partial charge in [-0.05, 0) is 24.8 Å². The lowest BCUT2D eigenvalue weighted by molar-refractivity contribution is 0.148. The Morgan fingerprint density at radius 3 is 2.89 bits per heavy atom. The molecule has 3 rings (SSSR count). The van der Waals surface area contributed by atoms with Gasteiger partial charge in [-0.1, -0.05) is 29.8 Å². The van der Waals surface area contributed by atoms with Gasteiger partial charge in [0.2, 0.25) is 0 Å². The Morgan fingerprint density at radius 1 is 1.39 bits per heavy atom. The summed E-state index contributed by atoms with van der Waals surface area (Å²) in [5.41, 5.74) is 0. The number of thiophene rings is 1. The zero-order valence-electron chi connectivity index (χ0n) is 10.0. The number of nitrogens with one attached hydrogen (secondary N) is 1. The number of fused-ring (bicyclic) bond motifs is 1. The van der Waals surface area contributed by atoms with Crippen LogP contribution in [0.3, 0.4) is 0 Å². The topological polar surface area (TPSA) is 32.3 Å². The molecule has 0 bridgehead atoms. The SMILES string of the molecule is OC(CNCc1sc2ccccc2c1Cl)C1CC1. The summed E-state index contributed by atoms with van der Waals surface area (Å²) in [6.07, 6.45) is 2.15. The highest BCUT2D eigenvalue weighted by Crippen LogP contribution is 2.35. The van der Waals surface area contributed by atoms with Crippen molar-refractivity contribution in [2.45, 2.75) is 25.5 Å². The highest BCUT2D eigenvalue weighted by Gasteiger charge is 2.29. The lowest BCUT2D eigenvalue weighted by Crippen LogP contribution is -2.27. The van der Waals surface area contributed by atoms with Crippen molar-refractivity contribution >= 4 is 33.0 Å². The summed E-state index contributed by atoms with van der Waals surface area (Å²) in [7, 11) is 0. The maximum Gasteiger partial charge on any atom is 0.0692 e. The summed E-state index contributed by atoms with van der Waals surface area (Å²) in [5.74, 6) is 0.523. The van der Waals surface area contributed by atoms with E-state index in [0.29, 0.717) is 12.5 Å². The molecule has 96 valence electrons. The quantitative estimate of drug-likeness (QED) is 0.880. The van der Waals surface area contributed by atoms with Crippen molar-refractivity contribution < 1.29 is 5.11 Å². The van der Waals surface area contributed by atoms with Gasteiger partial charge in [-0.15, -0.1) is 11.3 Å². The summed E-state index contributed by atoms with van der Waals surface area (Å²) in [6.45, 7) is 1.40. The van der Waals surface area contributed by atoms with Crippen LogP contribution in [0.5, 0.6) is 0 Å². The monoisotopic (exact) mass is 281 g/mol. The van der Waals surface area contributed by atoms with E-state index in [4.69, 9.17) is 11.6 Å². The predicted octanol–water partition coefficient (Wildman–Crippen LogP) is 3.42. The molecule has 1 saturated carbocycles. The van der Waals surface area contributed by atoms with Gasteiger partial charge < -0.3 is 10.4 Å². The summed E-state index contributed by atoms with van der Waals surface area (Å²) >= 11 is 8.08. The van der Waals surface area contributed by atoms with Crippen LogP contribution in [0.2, 0.25) is 5.02 Å². The van der Waals surface area contributed by atoms with Gasteiger partial charge in [-0.25, -0.2) is 0 Å². The summed E-state index contributed by atoms with van der Waals surface area (Å²) in [4.78, 5) is 1.15. The van der Waals surface area contributed by atoms with Gasteiger partial charge in [-0.2, -0.15) is 0 Å². The molecule has 1 aliphatic rings. The average molecular weight is 282 g/mol. The minimum Gasteiger partial charge on any atom is -0.392 e. The molecule has 1 aliphatic carbocycles. The molecule has 0 amide bonds. The van der Waals surface area contributed by atoms with E-state index < -0.39 is 0 Å². The number of halogens is 1. The van der Waals surface area contributed by atoms with Gasteiger partial charge in [0, 0.05) is 28.1 Å². The lowest BCUT2D eigenvalue weighted by Gasteiger charge is -2.09. The van der Waals surface area contributed by atoms with E-state index in [1.165, 1.54) is 17.5 Å². The van der Waals surface area contributed by atoms with E-state index in [2.05, 4.69) is 17.4 Å². The van der Waals surface area contributed by atoms with Gasteiger partial charge in [0.15, 0.2) is 0 Å². The number of hydrogen-bond acceptors (Lipinski definition) is 3. The Bertz CT molecular complexity index is 550. The van der Waals surface area contributed by atoms with Gasteiger partial charge in [0.05, 0.1) is 11.1 Å². The van der Waals surface area contributed by atoms with Crippen LogP contribution in [0.1, 0.15) is 17.7 Å². The molecular formula is C14H16ClNOS. The Balaban J connectivity index is 1.65. The molecule has 4 heteroatoms. The normalized spacial score (nSPS) is 17.2. The fourth-order valence-corrected chi connectivity index (χ4v) is 3.63. The second kappa shape index (κ2) is 5.17. The molecule has 1 unspecified atom stereocenters. The second-order valence-corrected chi connectivity index (χ2v) is 6.39. The zero-order valence-corrected chi connectivity index (χ0v) is 11.6. The molecule has 1 heterocycles. The molecule has 2 nitrogen and oxygen atoms in total. The van der Waals surface area contributed by atoms with E-state index in [1.807, 2.05) is 12.1 Å². The molecule has 0 saturated heterocycles. The van der Waals surface area contributed by atoms with Crippen molar-refractivity contribution in [3.63, 3.8) is 0 Å². The fourth-order valence-electron chi connectivity index (χ4n) is 2.16. The van der Waals surface area contributed by atoms with Crippen molar-refractivity contribution in [1.29, 1.82) is 0 Å². The van der Waals surface area contributed by atoms with Crippen molar-refractivity contribution in [3.8, 4) is 0 Å². The number of aliphatic hydroxyl groups excluding tert-OH is 1. The number of hydrogen-bond donors (Lipinski definition) is 2. The molecule has 0 spiro atoms. The van der Waals surface area contributed by atoms with E-state index in [9.17, 15) is 5.11 Å². The first kappa shape index (κ1) is 12.4. The first-order valence-electron chi connectivity index (χ1n) is 6.30. The summed E-state index contributed by atoms with van der Waals surface area (Å²) < 4.78 is 1.22. The van der Waals surface area contributed by atoms with Gasteiger partial charge >= 0.3 is 0 Å². The highest BCUT2D eigenvalue weighted by molar-refractivity contribution is 7.19. The Labute approximate surface area is 116 Å². The number of rotatable bonds is 5. The van der Waals surface area contributed by atoms with Gasteiger partial charge in [-0.3, -0.25) is 0 Å². The molecule has 2 aromatic rings. The maximum atomic E-state index is 9.78. The Morgan fingerprint density at radius 2 is 2.17 bits per heavy atom. The average Bonchev–Trinajstić information content (AvgIpc) is 3.17. The van der Waals surface area contributed by atoms with Crippen LogP contribution in [-0.4, -0.2) is 17.8 Å². The molecule has 0 radical (unpaired) electrons. The van der Waals surface area contributed by atoms with Crippen LogP contribution >= 0.6 is 22.9 Å². The van der Waals surface area contributed by atoms with Gasteiger partial charge in [0.25, 0.3) is 0 Å². The van der Waals surface area contributed by atoms with Crippen molar-refractivity contribution in [2.75, 3.05) is 6.54 Å². The largest absolute Gasteiger partial charge is 0.392 e. The fraction of sp³-hybridized carbons (Fsp3) is 0.429. The van der Waals surface area contributed by atoms with Crippen LogP contribution in [0.25, 0.3) is 10.1 Å². The standard InChI is InChI=1S/C14H16ClNOS/c15-14-10-3-1-2-4-12(10)18-13(14)8-16-7-11(17)9-5-6-9/h1-4,9,11,16-17H,5-8H2.